The van der Waals surface area contributed by atoms with E-state index in [0.717, 1.165) is 30.0 Å². The molecule has 1 fully saturated rings. The van der Waals surface area contributed by atoms with Gasteiger partial charge in [0.25, 0.3) is 5.91 Å². The Labute approximate surface area is 109 Å². The summed E-state index contributed by atoms with van der Waals surface area (Å²) in [6.07, 6.45) is 4.47. The smallest absolute Gasteiger partial charge is 0.264 e. The van der Waals surface area contributed by atoms with Crippen molar-refractivity contribution < 1.29 is 4.79 Å². The van der Waals surface area contributed by atoms with Gasteiger partial charge in [-0.1, -0.05) is 5.21 Å². The van der Waals surface area contributed by atoms with Crippen LogP contribution in [0.15, 0.2) is 23.8 Å². The summed E-state index contributed by atoms with van der Waals surface area (Å²) in [4.78, 5) is 15.0. The van der Waals surface area contributed by atoms with Gasteiger partial charge >= 0.3 is 0 Å². The summed E-state index contributed by atoms with van der Waals surface area (Å²) < 4.78 is 1.84. The lowest BCUT2D eigenvalue weighted by molar-refractivity contribution is 0.0791. The molecule has 0 spiro atoms. The highest BCUT2D eigenvalue weighted by atomic mass is 32.1. The Morgan fingerprint density at radius 3 is 3.11 bits per heavy atom. The Balaban J connectivity index is 1.70. The summed E-state index contributed by atoms with van der Waals surface area (Å²) >= 11 is 1.52. The van der Waals surface area contributed by atoms with Gasteiger partial charge in [0.05, 0.1) is 17.1 Å². The van der Waals surface area contributed by atoms with Crippen molar-refractivity contribution in [1.29, 1.82) is 0 Å². The molecule has 0 radical (unpaired) electrons. The standard InChI is InChI=1S/C12H14N4OS/c1-9-6-11(18-8-9)12(17)15-4-2-10(7-15)16-5-3-13-14-16/h3,5-6,8,10H,2,4,7H2,1H3. The van der Waals surface area contributed by atoms with E-state index in [0.29, 0.717) is 0 Å². The molecule has 2 aromatic heterocycles. The lowest BCUT2D eigenvalue weighted by Crippen LogP contribution is -2.28. The first-order chi connectivity index (χ1) is 8.74. The number of thiophene rings is 1. The van der Waals surface area contributed by atoms with Gasteiger partial charge in [-0.05, 0) is 30.4 Å². The van der Waals surface area contributed by atoms with Gasteiger partial charge < -0.3 is 4.90 Å². The minimum absolute atomic E-state index is 0.135. The van der Waals surface area contributed by atoms with Crippen LogP contribution >= 0.6 is 11.3 Å². The lowest BCUT2D eigenvalue weighted by Gasteiger charge is -2.15. The summed E-state index contributed by atoms with van der Waals surface area (Å²) in [5.41, 5.74) is 1.15. The third-order valence-corrected chi connectivity index (χ3v) is 4.24. The first kappa shape index (κ1) is 11.4. The summed E-state index contributed by atoms with van der Waals surface area (Å²) in [7, 11) is 0. The van der Waals surface area contributed by atoms with Crippen LogP contribution in [0.25, 0.3) is 0 Å². The highest BCUT2D eigenvalue weighted by Gasteiger charge is 2.28. The zero-order valence-electron chi connectivity index (χ0n) is 10.1. The molecule has 1 amide bonds. The van der Waals surface area contributed by atoms with Gasteiger partial charge in [-0.15, -0.1) is 16.4 Å². The monoisotopic (exact) mass is 262 g/mol. The van der Waals surface area contributed by atoms with Gasteiger partial charge in [0.15, 0.2) is 0 Å². The van der Waals surface area contributed by atoms with Gasteiger partial charge in [0, 0.05) is 19.3 Å². The minimum Gasteiger partial charge on any atom is -0.336 e. The van der Waals surface area contributed by atoms with Gasteiger partial charge in [0.1, 0.15) is 0 Å². The van der Waals surface area contributed by atoms with E-state index < -0.39 is 0 Å². The Morgan fingerprint density at radius 1 is 1.56 bits per heavy atom. The molecular formula is C12H14N4OS. The summed E-state index contributed by atoms with van der Waals surface area (Å²) in [6.45, 7) is 3.52. The van der Waals surface area contributed by atoms with Crippen molar-refractivity contribution in [2.45, 2.75) is 19.4 Å². The number of likely N-dealkylation sites (tertiary alicyclic amines) is 1. The molecule has 18 heavy (non-hydrogen) atoms. The first-order valence-electron chi connectivity index (χ1n) is 5.94. The molecule has 0 aliphatic carbocycles. The molecule has 0 bridgehead atoms. The second kappa shape index (κ2) is 4.53. The second-order valence-electron chi connectivity index (χ2n) is 4.57. The molecule has 1 atom stereocenters. The maximum atomic E-state index is 12.3. The Morgan fingerprint density at radius 2 is 2.44 bits per heavy atom. The van der Waals surface area contributed by atoms with Crippen molar-refractivity contribution in [1.82, 2.24) is 19.9 Å². The summed E-state index contributed by atoms with van der Waals surface area (Å²) in [5, 5.41) is 9.82. The molecule has 3 heterocycles. The molecule has 0 saturated carbocycles. The number of amides is 1. The molecule has 3 rings (SSSR count). The van der Waals surface area contributed by atoms with Crippen LogP contribution in [-0.4, -0.2) is 38.9 Å². The van der Waals surface area contributed by atoms with E-state index in [2.05, 4.69) is 10.3 Å². The van der Waals surface area contributed by atoms with Gasteiger partial charge in [0.2, 0.25) is 0 Å². The number of rotatable bonds is 2. The molecular weight excluding hydrogens is 248 g/mol. The van der Waals surface area contributed by atoms with Gasteiger partial charge in [-0.3, -0.25) is 4.79 Å². The van der Waals surface area contributed by atoms with Crippen LogP contribution < -0.4 is 0 Å². The fraction of sp³-hybridized carbons (Fsp3) is 0.417. The van der Waals surface area contributed by atoms with Crippen LogP contribution in [0.3, 0.4) is 0 Å². The van der Waals surface area contributed by atoms with Crippen LogP contribution in [0.1, 0.15) is 27.7 Å². The number of aromatic nitrogens is 3. The lowest BCUT2D eigenvalue weighted by atomic mass is 10.3. The Bertz CT molecular complexity index is 548. The predicted octanol–water partition coefficient (Wildman–Crippen LogP) is 1.74. The largest absolute Gasteiger partial charge is 0.336 e. The van der Waals surface area contributed by atoms with Crippen molar-refractivity contribution in [3.05, 3.63) is 34.3 Å². The SMILES string of the molecule is Cc1csc(C(=O)N2CCC(n3ccnn3)C2)c1. The molecule has 1 aliphatic rings. The summed E-state index contributed by atoms with van der Waals surface area (Å²) in [6, 6.07) is 2.22. The molecule has 94 valence electrons. The Kier molecular flexibility index (Phi) is 2.87. The van der Waals surface area contributed by atoms with Crippen molar-refractivity contribution in [2.75, 3.05) is 13.1 Å². The maximum absolute atomic E-state index is 12.3. The van der Waals surface area contributed by atoms with Crippen LogP contribution in [-0.2, 0) is 0 Å². The van der Waals surface area contributed by atoms with E-state index in [-0.39, 0.29) is 11.9 Å². The number of carbonyl (C=O) groups excluding carboxylic acids is 1. The van der Waals surface area contributed by atoms with Crippen LogP contribution in [0, 0.1) is 6.92 Å². The average Bonchev–Trinajstić information content (AvgIpc) is 3.09. The van der Waals surface area contributed by atoms with E-state index in [1.54, 1.807) is 6.20 Å². The molecule has 1 saturated heterocycles. The van der Waals surface area contributed by atoms with E-state index in [4.69, 9.17) is 0 Å². The molecule has 5 nitrogen and oxygen atoms in total. The first-order valence-corrected chi connectivity index (χ1v) is 6.82. The highest BCUT2D eigenvalue weighted by Crippen LogP contribution is 2.24. The average molecular weight is 262 g/mol. The molecule has 6 heteroatoms. The number of hydrogen-bond acceptors (Lipinski definition) is 4. The third kappa shape index (κ3) is 2.03. The number of nitrogens with zero attached hydrogens (tertiary/aromatic N) is 4. The highest BCUT2D eigenvalue weighted by molar-refractivity contribution is 7.12. The van der Waals surface area contributed by atoms with Crippen LogP contribution in [0.4, 0.5) is 0 Å². The predicted molar refractivity (Wildman–Crippen MR) is 68.6 cm³/mol. The Hall–Kier alpha value is -1.69. The number of carbonyl (C=O) groups is 1. The fourth-order valence-electron chi connectivity index (χ4n) is 2.25. The van der Waals surface area contributed by atoms with E-state index >= 15 is 0 Å². The topological polar surface area (TPSA) is 51.0 Å². The van der Waals surface area contributed by atoms with E-state index in [9.17, 15) is 4.79 Å². The molecule has 1 aliphatic heterocycles. The van der Waals surface area contributed by atoms with Crippen molar-refractivity contribution in [3.8, 4) is 0 Å². The number of aryl methyl sites for hydroxylation is 1. The second-order valence-corrected chi connectivity index (χ2v) is 5.48. The summed E-state index contributed by atoms with van der Waals surface area (Å²) in [5.74, 6) is 0.135. The van der Waals surface area contributed by atoms with Crippen molar-refractivity contribution in [3.63, 3.8) is 0 Å². The quantitative estimate of drug-likeness (QED) is 0.828. The van der Waals surface area contributed by atoms with Crippen molar-refractivity contribution in [2.24, 2.45) is 0 Å². The fourth-order valence-corrected chi connectivity index (χ4v) is 3.12. The van der Waals surface area contributed by atoms with Crippen LogP contribution in [0.5, 0.6) is 0 Å². The minimum atomic E-state index is 0.135. The molecule has 2 aromatic rings. The van der Waals surface area contributed by atoms with Crippen molar-refractivity contribution >= 4 is 17.2 Å². The number of hydrogen-bond donors (Lipinski definition) is 0. The zero-order valence-corrected chi connectivity index (χ0v) is 10.9. The molecule has 1 unspecified atom stereocenters. The molecule has 0 aromatic carbocycles. The van der Waals surface area contributed by atoms with Gasteiger partial charge in [-0.25, -0.2) is 4.68 Å². The normalized spacial score (nSPS) is 19.4. The van der Waals surface area contributed by atoms with E-state index in [1.165, 1.54) is 11.3 Å². The maximum Gasteiger partial charge on any atom is 0.264 e. The van der Waals surface area contributed by atoms with Crippen LogP contribution in [0.2, 0.25) is 0 Å². The van der Waals surface area contributed by atoms with Gasteiger partial charge in [-0.2, -0.15) is 0 Å². The molecule has 0 N–H and O–H groups in total. The van der Waals surface area contributed by atoms with E-state index in [1.807, 2.05) is 34.1 Å². The third-order valence-electron chi connectivity index (χ3n) is 3.21. The zero-order chi connectivity index (χ0) is 12.5.